The summed E-state index contributed by atoms with van der Waals surface area (Å²) in [6, 6.07) is 4.86. The topological polar surface area (TPSA) is 70.7 Å². The summed E-state index contributed by atoms with van der Waals surface area (Å²) in [5, 5.41) is 5.01. The number of alkyl halides is 3. The minimum Gasteiger partial charge on any atom is -0.380 e. The van der Waals surface area contributed by atoms with E-state index in [1.54, 1.807) is 0 Å². The van der Waals surface area contributed by atoms with Crippen molar-refractivity contribution in [1.82, 2.24) is 10.2 Å². The first-order valence-electron chi connectivity index (χ1n) is 9.89. The van der Waals surface area contributed by atoms with Gasteiger partial charge in [-0.25, -0.2) is 0 Å². The summed E-state index contributed by atoms with van der Waals surface area (Å²) in [7, 11) is 0. The van der Waals surface area contributed by atoms with Crippen LogP contribution in [-0.4, -0.2) is 55.6 Å². The number of amides is 2. The number of likely N-dealkylation sites (tertiary alicyclic amines) is 1. The van der Waals surface area contributed by atoms with Crippen molar-refractivity contribution >= 4 is 17.5 Å². The van der Waals surface area contributed by atoms with Crippen molar-refractivity contribution in [2.75, 3.05) is 38.2 Å². The number of anilines is 1. The first kappa shape index (κ1) is 20.2. The fourth-order valence-electron chi connectivity index (χ4n) is 4.52. The molecule has 29 heavy (non-hydrogen) atoms. The summed E-state index contributed by atoms with van der Waals surface area (Å²) in [6.07, 6.45) is -2.27. The number of piperidine rings is 1. The van der Waals surface area contributed by atoms with Gasteiger partial charge in [0.1, 0.15) is 0 Å². The number of carbonyl (C=O) groups is 2. The van der Waals surface area contributed by atoms with Crippen LogP contribution in [0.1, 0.15) is 18.4 Å². The minimum absolute atomic E-state index is 0.0488. The molecule has 2 unspecified atom stereocenters. The van der Waals surface area contributed by atoms with E-state index in [2.05, 4.69) is 15.5 Å². The van der Waals surface area contributed by atoms with E-state index in [0.29, 0.717) is 17.9 Å². The van der Waals surface area contributed by atoms with Crippen molar-refractivity contribution in [2.45, 2.75) is 25.1 Å². The molecule has 0 spiro atoms. The monoisotopic (exact) mass is 411 g/mol. The molecule has 1 saturated carbocycles. The van der Waals surface area contributed by atoms with Crippen LogP contribution in [0.3, 0.4) is 0 Å². The van der Waals surface area contributed by atoms with Crippen molar-refractivity contribution in [2.24, 2.45) is 17.8 Å². The van der Waals surface area contributed by atoms with Crippen molar-refractivity contribution < 1.29 is 27.5 Å². The first-order valence-corrected chi connectivity index (χ1v) is 9.89. The van der Waals surface area contributed by atoms with Gasteiger partial charge in [0.25, 0.3) is 0 Å². The van der Waals surface area contributed by atoms with Gasteiger partial charge in [-0.15, -0.1) is 0 Å². The highest BCUT2D eigenvalue weighted by atomic mass is 19.4. The number of nitrogens with zero attached hydrogens (tertiary/aromatic N) is 1. The highest BCUT2D eigenvalue weighted by molar-refractivity contribution is 5.95. The summed E-state index contributed by atoms with van der Waals surface area (Å²) in [4.78, 5) is 26.8. The van der Waals surface area contributed by atoms with Gasteiger partial charge in [0.15, 0.2) is 0 Å². The molecule has 158 valence electrons. The van der Waals surface area contributed by atoms with Gasteiger partial charge in [0.2, 0.25) is 11.8 Å². The van der Waals surface area contributed by atoms with Gasteiger partial charge >= 0.3 is 6.18 Å². The van der Waals surface area contributed by atoms with Crippen LogP contribution < -0.4 is 10.6 Å². The number of nitrogens with one attached hydrogen (secondary N) is 2. The second-order valence-electron chi connectivity index (χ2n) is 8.02. The standard InChI is InChI=1S/C20H24F3N3O3/c21-20(22,23)12-3-1-4-13(7-12)25-17(27)8-24-19(28)18-15-9-26(10-16(15)18)14-5-2-6-29-11-14/h1,3-4,7,14-16,18H,2,5-6,8-11H2,(H,24,28)(H,25,27)/t14?,15-,16+,18?. The Morgan fingerprint density at radius 3 is 2.62 bits per heavy atom. The Balaban J connectivity index is 1.21. The normalized spacial score (nSPS) is 29.2. The lowest BCUT2D eigenvalue weighted by Crippen LogP contribution is -2.42. The van der Waals surface area contributed by atoms with E-state index in [1.165, 1.54) is 12.1 Å². The maximum absolute atomic E-state index is 12.7. The number of hydrogen-bond donors (Lipinski definition) is 2. The molecule has 2 N–H and O–H groups in total. The summed E-state index contributed by atoms with van der Waals surface area (Å²) >= 11 is 0. The molecule has 1 aromatic rings. The zero-order valence-corrected chi connectivity index (χ0v) is 15.9. The second kappa shape index (κ2) is 7.95. The Morgan fingerprint density at radius 2 is 1.97 bits per heavy atom. The van der Waals surface area contributed by atoms with E-state index in [4.69, 9.17) is 4.74 Å². The third kappa shape index (κ3) is 4.56. The summed E-state index contributed by atoms with van der Waals surface area (Å²) < 4.78 is 43.7. The number of ether oxygens (including phenoxy) is 1. The van der Waals surface area contributed by atoms with Crippen LogP contribution in [0.2, 0.25) is 0 Å². The lowest BCUT2D eigenvalue weighted by atomic mass is 10.1. The highest BCUT2D eigenvalue weighted by Gasteiger charge is 2.59. The second-order valence-corrected chi connectivity index (χ2v) is 8.02. The Morgan fingerprint density at radius 1 is 1.21 bits per heavy atom. The lowest BCUT2D eigenvalue weighted by Gasteiger charge is -2.32. The van der Waals surface area contributed by atoms with Crippen molar-refractivity contribution in [1.29, 1.82) is 0 Å². The number of rotatable bonds is 5. The van der Waals surface area contributed by atoms with Crippen LogP contribution in [0.25, 0.3) is 0 Å². The third-order valence-electron chi connectivity index (χ3n) is 6.07. The van der Waals surface area contributed by atoms with Crippen molar-refractivity contribution in [3.05, 3.63) is 29.8 Å². The van der Waals surface area contributed by atoms with Crippen molar-refractivity contribution in [3.8, 4) is 0 Å². The van der Waals surface area contributed by atoms with Crippen LogP contribution >= 0.6 is 0 Å². The molecule has 3 fully saturated rings. The van der Waals surface area contributed by atoms with Crippen LogP contribution in [0.4, 0.5) is 18.9 Å². The van der Waals surface area contributed by atoms with E-state index in [0.717, 1.165) is 51.3 Å². The summed E-state index contributed by atoms with van der Waals surface area (Å²) in [6.45, 7) is 3.09. The highest BCUT2D eigenvalue weighted by Crippen LogP contribution is 2.52. The quantitative estimate of drug-likeness (QED) is 0.779. The van der Waals surface area contributed by atoms with E-state index < -0.39 is 17.6 Å². The molecular formula is C20H24F3N3O3. The zero-order chi connectivity index (χ0) is 20.6. The molecule has 0 bridgehead atoms. The predicted octanol–water partition coefficient (Wildman–Crippen LogP) is 2.12. The average Bonchev–Trinajstić information content (AvgIpc) is 3.20. The van der Waals surface area contributed by atoms with Crippen LogP contribution in [0, 0.1) is 17.8 Å². The molecule has 0 aromatic heterocycles. The third-order valence-corrected chi connectivity index (χ3v) is 6.07. The van der Waals surface area contributed by atoms with E-state index in [9.17, 15) is 22.8 Å². The molecule has 2 heterocycles. The molecule has 3 aliphatic rings. The van der Waals surface area contributed by atoms with E-state index in [-0.39, 0.29) is 24.1 Å². The van der Waals surface area contributed by atoms with E-state index in [1.807, 2.05) is 0 Å². The molecule has 4 rings (SSSR count). The molecule has 1 aliphatic carbocycles. The Bertz CT molecular complexity index is 768. The number of carbonyl (C=O) groups excluding carboxylic acids is 2. The summed E-state index contributed by atoms with van der Waals surface area (Å²) in [5.74, 6) is -0.132. The largest absolute Gasteiger partial charge is 0.416 e. The molecule has 4 atom stereocenters. The Hall–Kier alpha value is -2.13. The van der Waals surface area contributed by atoms with Crippen molar-refractivity contribution in [3.63, 3.8) is 0 Å². The van der Waals surface area contributed by atoms with Crippen LogP contribution in [-0.2, 0) is 20.5 Å². The lowest BCUT2D eigenvalue weighted by molar-refractivity contribution is -0.137. The number of halogens is 3. The fourth-order valence-corrected chi connectivity index (χ4v) is 4.52. The number of fused-ring (bicyclic) bond motifs is 1. The van der Waals surface area contributed by atoms with Crippen LogP contribution in [0.5, 0.6) is 0 Å². The van der Waals surface area contributed by atoms with Gasteiger partial charge in [-0.3, -0.25) is 14.5 Å². The minimum atomic E-state index is -4.48. The zero-order valence-electron chi connectivity index (χ0n) is 15.9. The fraction of sp³-hybridized carbons (Fsp3) is 0.600. The Labute approximate surface area is 166 Å². The molecule has 2 amide bonds. The number of hydrogen-bond acceptors (Lipinski definition) is 4. The smallest absolute Gasteiger partial charge is 0.380 e. The van der Waals surface area contributed by atoms with Crippen LogP contribution in [0.15, 0.2) is 24.3 Å². The molecule has 6 nitrogen and oxygen atoms in total. The van der Waals surface area contributed by atoms with Gasteiger partial charge in [0, 0.05) is 37.3 Å². The van der Waals surface area contributed by atoms with Gasteiger partial charge in [-0.2, -0.15) is 13.2 Å². The van der Waals surface area contributed by atoms with Gasteiger partial charge in [-0.05, 0) is 42.9 Å². The molecule has 2 saturated heterocycles. The summed E-state index contributed by atoms with van der Waals surface area (Å²) in [5.41, 5.74) is -0.786. The molecule has 9 heteroatoms. The average molecular weight is 411 g/mol. The predicted molar refractivity (Wildman–Crippen MR) is 99.0 cm³/mol. The number of benzene rings is 1. The van der Waals surface area contributed by atoms with Gasteiger partial charge in [0.05, 0.1) is 18.7 Å². The molecule has 1 aromatic carbocycles. The van der Waals surface area contributed by atoms with E-state index >= 15 is 0 Å². The first-order chi connectivity index (χ1) is 13.8. The SMILES string of the molecule is O=C(CNC(=O)C1[C@H]2CN(C3CCCOC3)C[C@@H]12)Nc1cccc(C(F)(F)F)c1. The van der Waals surface area contributed by atoms with Gasteiger partial charge in [-0.1, -0.05) is 6.07 Å². The molecule has 2 aliphatic heterocycles. The van der Waals surface area contributed by atoms with Gasteiger partial charge < -0.3 is 15.4 Å². The molecular weight excluding hydrogens is 387 g/mol. The Kier molecular flexibility index (Phi) is 5.52. The molecule has 0 radical (unpaired) electrons. The maximum Gasteiger partial charge on any atom is 0.416 e. The maximum atomic E-state index is 12.7.